The van der Waals surface area contributed by atoms with Crippen molar-refractivity contribution in [3.63, 3.8) is 0 Å². The summed E-state index contributed by atoms with van der Waals surface area (Å²) in [6.07, 6.45) is 1.74. The fourth-order valence-corrected chi connectivity index (χ4v) is 3.05. The number of hydrogen-bond donors (Lipinski definition) is 1. The first-order valence-corrected chi connectivity index (χ1v) is 8.29. The van der Waals surface area contributed by atoms with Gasteiger partial charge in [0.25, 0.3) is 5.91 Å². The average Bonchev–Trinajstić information content (AvgIpc) is 2.65. The lowest BCUT2D eigenvalue weighted by molar-refractivity contribution is 0.0950. The van der Waals surface area contributed by atoms with Crippen LogP contribution in [-0.4, -0.2) is 15.9 Å². The molecular weight excluding hydrogens is 329 g/mol. The van der Waals surface area contributed by atoms with Gasteiger partial charge in [0.2, 0.25) is 0 Å². The topological polar surface area (TPSA) is 54.9 Å². The molecule has 2 aromatic carbocycles. The Morgan fingerprint density at radius 1 is 1.08 bits per heavy atom. The molecule has 0 saturated heterocycles. The lowest BCUT2D eigenvalue weighted by Crippen LogP contribution is -2.24. The van der Waals surface area contributed by atoms with Crippen molar-refractivity contribution in [1.82, 2.24) is 15.3 Å². The highest BCUT2D eigenvalue weighted by molar-refractivity contribution is 5.98. The van der Waals surface area contributed by atoms with Crippen molar-refractivity contribution in [3.05, 3.63) is 83.4 Å². The van der Waals surface area contributed by atoms with Gasteiger partial charge in [0.15, 0.2) is 0 Å². The molecule has 0 saturated carbocycles. The van der Waals surface area contributed by atoms with Crippen molar-refractivity contribution >= 4 is 27.7 Å². The van der Waals surface area contributed by atoms with E-state index in [-0.39, 0.29) is 11.7 Å². The Hall–Kier alpha value is -3.34. The summed E-state index contributed by atoms with van der Waals surface area (Å²) < 4.78 is 13.3. The molecule has 2 heterocycles. The Bertz CT molecular complexity index is 1140. The zero-order chi connectivity index (χ0) is 18.1. The van der Waals surface area contributed by atoms with E-state index in [1.165, 1.54) is 12.1 Å². The maximum Gasteiger partial charge on any atom is 0.253 e. The molecule has 0 spiro atoms. The number of fused-ring (bicyclic) bond motifs is 2. The third kappa shape index (κ3) is 2.99. The molecule has 4 aromatic rings. The standard InChI is InChI=1S/C21H16FN3O/c1-13-18(10-14-6-7-16(22)11-20(14)25-13)21(26)24-12-15-8-9-23-19-5-3-2-4-17(15)19/h2-11H,12H2,1H3,(H,24,26). The summed E-state index contributed by atoms with van der Waals surface area (Å²) in [5, 5.41) is 4.69. The molecule has 128 valence electrons. The van der Waals surface area contributed by atoms with Gasteiger partial charge in [0.1, 0.15) is 5.82 Å². The lowest BCUT2D eigenvalue weighted by Gasteiger charge is -2.10. The van der Waals surface area contributed by atoms with E-state index in [1.54, 1.807) is 25.3 Å². The monoisotopic (exact) mass is 345 g/mol. The number of amides is 1. The van der Waals surface area contributed by atoms with Gasteiger partial charge in [-0.25, -0.2) is 4.39 Å². The van der Waals surface area contributed by atoms with E-state index in [1.807, 2.05) is 30.3 Å². The molecule has 4 nitrogen and oxygen atoms in total. The van der Waals surface area contributed by atoms with Gasteiger partial charge in [0.05, 0.1) is 22.3 Å². The third-order valence-corrected chi connectivity index (χ3v) is 4.39. The Labute approximate surface area is 149 Å². The Balaban J connectivity index is 1.61. The summed E-state index contributed by atoms with van der Waals surface area (Å²) >= 11 is 0. The summed E-state index contributed by atoms with van der Waals surface area (Å²) in [5.74, 6) is -0.548. The van der Waals surface area contributed by atoms with Crippen LogP contribution in [0.2, 0.25) is 0 Å². The smallest absolute Gasteiger partial charge is 0.253 e. The molecule has 0 unspecified atom stereocenters. The SMILES string of the molecule is Cc1nc2cc(F)ccc2cc1C(=O)NCc1ccnc2ccccc12. The van der Waals surface area contributed by atoms with Crippen LogP contribution in [0.25, 0.3) is 21.8 Å². The molecule has 0 atom stereocenters. The first-order valence-electron chi connectivity index (χ1n) is 8.29. The summed E-state index contributed by atoms with van der Waals surface area (Å²) in [6, 6.07) is 15.8. The van der Waals surface area contributed by atoms with Crippen LogP contribution in [0.15, 0.2) is 60.8 Å². The van der Waals surface area contributed by atoms with Gasteiger partial charge < -0.3 is 5.32 Å². The van der Waals surface area contributed by atoms with Crippen molar-refractivity contribution in [3.8, 4) is 0 Å². The second kappa shape index (κ2) is 6.52. The van der Waals surface area contributed by atoms with Crippen LogP contribution in [0.5, 0.6) is 0 Å². The molecule has 0 bridgehead atoms. The van der Waals surface area contributed by atoms with Crippen molar-refractivity contribution in [2.75, 3.05) is 0 Å². The van der Waals surface area contributed by atoms with Gasteiger partial charge in [-0.05, 0) is 42.8 Å². The first-order chi connectivity index (χ1) is 12.6. The number of nitrogens with zero attached hydrogens (tertiary/aromatic N) is 2. The molecule has 0 radical (unpaired) electrons. The lowest BCUT2D eigenvalue weighted by atomic mass is 10.1. The van der Waals surface area contributed by atoms with Gasteiger partial charge in [-0.15, -0.1) is 0 Å². The van der Waals surface area contributed by atoms with Crippen molar-refractivity contribution in [1.29, 1.82) is 0 Å². The predicted molar refractivity (Wildman–Crippen MR) is 99.4 cm³/mol. The quantitative estimate of drug-likeness (QED) is 0.606. The summed E-state index contributed by atoms with van der Waals surface area (Å²) in [5.41, 5.74) is 3.49. The van der Waals surface area contributed by atoms with Crippen molar-refractivity contribution < 1.29 is 9.18 Å². The van der Waals surface area contributed by atoms with Crippen LogP contribution in [-0.2, 0) is 6.54 Å². The molecule has 0 aliphatic rings. The van der Waals surface area contributed by atoms with E-state index in [0.717, 1.165) is 21.9 Å². The van der Waals surface area contributed by atoms with Crippen molar-refractivity contribution in [2.24, 2.45) is 0 Å². The zero-order valence-electron chi connectivity index (χ0n) is 14.2. The first kappa shape index (κ1) is 16.1. The molecule has 1 N–H and O–H groups in total. The van der Waals surface area contributed by atoms with Gasteiger partial charge in [-0.3, -0.25) is 14.8 Å². The van der Waals surface area contributed by atoms with E-state index >= 15 is 0 Å². The summed E-state index contributed by atoms with van der Waals surface area (Å²) in [4.78, 5) is 21.3. The Morgan fingerprint density at radius 2 is 1.92 bits per heavy atom. The highest BCUT2D eigenvalue weighted by Gasteiger charge is 2.12. The molecule has 0 aliphatic carbocycles. The summed E-state index contributed by atoms with van der Waals surface area (Å²) in [7, 11) is 0. The Morgan fingerprint density at radius 3 is 2.81 bits per heavy atom. The van der Waals surface area contributed by atoms with E-state index in [9.17, 15) is 9.18 Å². The number of carbonyl (C=O) groups excluding carboxylic acids is 1. The molecule has 2 aromatic heterocycles. The number of aromatic nitrogens is 2. The van der Waals surface area contributed by atoms with Crippen LogP contribution >= 0.6 is 0 Å². The highest BCUT2D eigenvalue weighted by Crippen LogP contribution is 2.19. The molecular formula is C21H16FN3O. The molecule has 26 heavy (non-hydrogen) atoms. The van der Waals surface area contributed by atoms with Crippen LogP contribution in [0.1, 0.15) is 21.6 Å². The van der Waals surface area contributed by atoms with Crippen LogP contribution in [0, 0.1) is 12.7 Å². The maximum absolute atomic E-state index is 13.3. The average molecular weight is 345 g/mol. The van der Waals surface area contributed by atoms with Crippen LogP contribution in [0.4, 0.5) is 4.39 Å². The summed E-state index contributed by atoms with van der Waals surface area (Å²) in [6.45, 7) is 2.14. The Kier molecular flexibility index (Phi) is 4.05. The largest absolute Gasteiger partial charge is 0.348 e. The van der Waals surface area contributed by atoms with E-state index in [2.05, 4.69) is 15.3 Å². The molecule has 4 rings (SSSR count). The fraction of sp³-hybridized carbons (Fsp3) is 0.0952. The number of halogens is 1. The minimum absolute atomic E-state index is 0.206. The van der Waals surface area contributed by atoms with Gasteiger partial charge in [-0.2, -0.15) is 0 Å². The maximum atomic E-state index is 13.3. The number of para-hydroxylation sites is 1. The van der Waals surface area contributed by atoms with Crippen LogP contribution in [0.3, 0.4) is 0 Å². The second-order valence-corrected chi connectivity index (χ2v) is 6.13. The second-order valence-electron chi connectivity index (χ2n) is 6.13. The predicted octanol–water partition coefficient (Wildman–Crippen LogP) is 4.16. The van der Waals surface area contributed by atoms with E-state index in [4.69, 9.17) is 0 Å². The van der Waals surface area contributed by atoms with Crippen LogP contribution < -0.4 is 5.32 Å². The number of aryl methyl sites for hydroxylation is 1. The molecule has 0 fully saturated rings. The number of nitrogens with one attached hydrogen (secondary N) is 1. The molecule has 5 heteroatoms. The molecule has 0 aliphatic heterocycles. The van der Waals surface area contributed by atoms with Crippen molar-refractivity contribution in [2.45, 2.75) is 13.5 Å². The van der Waals surface area contributed by atoms with Gasteiger partial charge in [0, 0.05) is 29.6 Å². The number of carbonyl (C=O) groups is 1. The zero-order valence-corrected chi connectivity index (χ0v) is 14.2. The number of hydrogen-bond acceptors (Lipinski definition) is 3. The van der Waals surface area contributed by atoms with Gasteiger partial charge >= 0.3 is 0 Å². The van der Waals surface area contributed by atoms with Gasteiger partial charge in [-0.1, -0.05) is 18.2 Å². The van der Waals surface area contributed by atoms with E-state index < -0.39 is 0 Å². The van der Waals surface area contributed by atoms with E-state index in [0.29, 0.717) is 23.3 Å². The highest BCUT2D eigenvalue weighted by atomic mass is 19.1. The normalized spacial score (nSPS) is 11.0. The number of rotatable bonds is 3. The minimum Gasteiger partial charge on any atom is -0.348 e. The third-order valence-electron chi connectivity index (χ3n) is 4.39. The number of benzene rings is 2. The fourth-order valence-electron chi connectivity index (χ4n) is 3.05. The molecule has 1 amide bonds. The number of pyridine rings is 2. The minimum atomic E-state index is -0.342.